The van der Waals surface area contributed by atoms with Crippen molar-refractivity contribution in [1.82, 2.24) is 0 Å². The highest BCUT2D eigenvalue weighted by atomic mass is 35.5. The van der Waals surface area contributed by atoms with Gasteiger partial charge in [-0.25, -0.2) is 8.42 Å². The van der Waals surface area contributed by atoms with Gasteiger partial charge in [0, 0.05) is 5.88 Å². The highest BCUT2D eigenvalue weighted by Gasteiger charge is 2.28. The summed E-state index contributed by atoms with van der Waals surface area (Å²) < 4.78 is 23.9. The second-order valence-corrected chi connectivity index (χ2v) is 8.26. The minimum Gasteiger partial charge on any atom is -0.229 e. The molecule has 0 spiro atoms. The van der Waals surface area contributed by atoms with E-state index in [9.17, 15) is 8.42 Å². The van der Waals surface area contributed by atoms with Crippen LogP contribution in [0, 0.1) is 5.92 Å². The van der Waals surface area contributed by atoms with Gasteiger partial charge >= 0.3 is 0 Å². The molecular weight excluding hydrogens is 268 g/mol. The zero-order valence-corrected chi connectivity index (χ0v) is 12.4. The summed E-state index contributed by atoms with van der Waals surface area (Å²) in [5.41, 5.74) is 3.67. The Kier molecular flexibility index (Phi) is 4.02. The number of hydrogen-bond donors (Lipinski definition) is 0. The van der Waals surface area contributed by atoms with Crippen LogP contribution in [0.4, 0.5) is 0 Å². The van der Waals surface area contributed by atoms with Crippen LogP contribution in [-0.4, -0.2) is 19.4 Å². The Balaban J connectivity index is 2.11. The second-order valence-electron chi connectivity index (χ2n) is 5.39. The van der Waals surface area contributed by atoms with Gasteiger partial charge < -0.3 is 0 Å². The Labute approximate surface area is 114 Å². The van der Waals surface area contributed by atoms with Gasteiger partial charge in [-0.15, -0.1) is 11.6 Å². The van der Waals surface area contributed by atoms with Crippen molar-refractivity contribution in [3.63, 3.8) is 0 Å². The minimum atomic E-state index is -2.94. The molecule has 0 unspecified atom stereocenters. The molecular formula is C14H19ClO2S. The summed E-state index contributed by atoms with van der Waals surface area (Å²) in [6.07, 6.45) is 1.75. The summed E-state index contributed by atoms with van der Waals surface area (Å²) >= 11 is 5.82. The molecule has 0 bridgehead atoms. The van der Waals surface area contributed by atoms with E-state index < -0.39 is 9.84 Å². The molecule has 0 saturated heterocycles. The average Bonchev–Trinajstić information content (AvgIpc) is 2.68. The van der Waals surface area contributed by atoms with E-state index in [-0.39, 0.29) is 11.2 Å². The molecule has 0 saturated carbocycles. The average molecular weight is 287 g/mol. The Bertz CT molecular complexity index is 535. The lowest BCUT2D eigenvalue weighted by Crippen LogP contribution is -2.23. The molecule has 0 heterocycles. The van der Waals surface area contributed by atoms with Crippen LogP contribution in [-0.2, 0) is 28.6 Å². The van der Waals surface area contributed by atoms with Crippen molar-refractivity contribution in [3.8, 4) is 0 Å². The van der Waals surface area contributed by atoms with Crippen molar-refractivity contribution < 1.29 is 8.42 Å². The number of halogens is 1. The summed E-state index contributed by atoms with van der Waals surface area (Å²) in [7, 11) is -2.94. The van der Waals surface area contributed by atoms with Crippen molar-refractivity contribution in [1.29, 1.82) is 0 Å². The van der Waals surface area contributed by atoms with E-state index >= 15 is 0 Å². The lowest BCUT2D eigenvalue weighted by atomic mass is 10.1. The van der Waals surface area contributed by atoms with Crippen molar-refractivity contribution in [2.75, 3.05) is 5.75 Å². The molecule has 18 heavy (non-hydrogen) atoms. The highest BCUT2D eigenvalue weighted by molar-refractivity contribution is 7.91. The molecule has 0 N–H and O–H groups in total. The van der Waals surface area contributed by atoms with Crippen molar-refractivity contribution in [3.05, 3.63) is 34.9 Å². The van der Waals surface area contributed by atoms with E-state index in [1.807, 2.05) is 6.07 Å². The van der Waals surface area contributed by atoms with Gasteiger partial charge in [0.25, 0.3) is 0 Å². The maximum Gasteiger partial charge on any atom is 0.152 e. The molecule has 1 atom stereocenters. The van der Waals surface area contributed by atoms with Crippen LogP contribution in [0.3, 0.4) is 0 Å². The third-order valence-electron chi connectivity index (χ3n) is 3.63. The SMILES string of the molecule is CC(C)S(=O)(=O)C[C@H]1Cc2ccc(CCl)cc2C1. The van der Waals surface area contributed by atoms with Gasteiger partial charge in [0.05, 0.1) is 11.0 Å². The predicted molar refractivity (Wildman–Crippen MR) is 75.8 cm³/mol. The van der Waals surface area contributed by atoms with Gasteiger partial charge in [0.2, 0.25) is 0 Å². The zero-order valence-electron chi connectivity index (χ0n) is 10.8. The number of hydrogen-bond acceptors (Lipinski definition) is 2. The molecule has 100 valence electrons. The molecule has 0 aliphatic heterocycles. The molecule has 2 nitrogen and oxygen atoms in total. The van der Waals surface area contributed by atoms with Crippen LogP contribution in [0.25, 0.3) is 0 Å². The molecule has 0 radical (unpaired) electrons. The summed E-state index contributed by atoms with van der Waals surface area (Å²) in [5, 5.41) is -0.278. The number of fused-ring (bicyclic) bond motifs is 1. The maximum atomic E-state index is 11.9. The largest absolute Gasteiger partial charge is 0.229 e. The minimum absolute atomic E-state index is 0.234. The van der Waals surface area contributed by atoms with Crippen LogP contribution in [0.5, 0.6) is 0 Å². The third-order valence-corrected chi connectivity index (χ3v) is 6.31. The maximum absolute atomic E-state index is 11.9. The number of rotatable bonds is 4. The third kappa shape index (κ3) is 2.89. The quantitative estimate of drug-likeness (QED) is 0.798. The second kappa shape index (κ2) is 5.22. The van der Waals surface area contributed by atoms with Crippen LogP contribution in [0.2, 0.25) is 0 Å². The van der Waals surface area contributed by atoms with Crippen LogP contribution in [0.15, 0.2) is 18.2 Å². The van der Waals surface area contributed by atoms with Crippen LogP contribution < -0.4 is 0 Å². The summed E-state index contributed by atoms with van der Waals surface area (Å²) in [6, 6.07) is 6.24. The van der Waals surface area contributed by atoms with Gasteiger partial charge in [-0.3, -0.25) is 0 Å². The van der Waals surface area contributed by atoms with Gasteiger partial charge in [-0.2, -0.15) is 0 Å². The van der Waals surface area contributed by atoms with E-state index in [1.54, 1.807) is 13.8 Å². The molecule has 1 aromatic rings. The van der Waals surface area contributed by atoms with E-state index in [0.717, 1.165) is 18.4 Å². The van der Waals surface area contributed by atoms with Gasteiger partial charge in [0.1, 0.15) is 0 Å². The lowest BCUT2D eigenvalue weighted by Gasteiger charge is -2.12. The van der Waals surface area contributed by atoms with Crippen LogP contribution >= 0.6 is 11.6 Å². The number of sulfone groups is 1. The first-order valence-electron chi connectivity index (χ1n) is 6.30. The fraction of sp³-hybridized carbons (Fsp3) is 0.571. The predicted octanol–water partition coefficient (Wildman–Crippen LogP) is 2.96. The molecule has 1 aromatic carbocycles. The van der Waals surface area contributed by atoms with Crippen LogP contribution in [0.1, 0.15) is 30.5 Å². The Morgan fingerprint density at radius 3 is 2.56 bits per heavy atom. The van der Waals surface area contributed by atoms with Crippen molar-refractivity contribution >= 4 is 21.4 Å². The monoisotopic (exact) mass is 286 g/mol. The molecule has 0 amide bonds. The van der Waals surface area contributed by atoms with Gasteiger partial charge in [-0.1, -0.05) is 18.2 Å². The summed E-state index contributed by atoms with van der Waals surface area (Å²) in [5.74, 6) is 1.05. The lowest BCUT2D eigenvalue weighted by molar-refractivity contribution is 0.557. The van der Waals surface area contributed by atoms with Gasteiger partial charge in [-0.05, 0) is 49.3 Å². The number of alkyl halides is 1. The summed E-state index contributed by atoms with van der Waals surface area (Å²) in [4.78, 5) is 0. The highest BCUT2D eigenvalue weighted by Crippen LogP contribution is 2.29. The normalized spacial score (nSPS) is 19.2. The molecule has 0 fully saturated rings. The van der Waals surface area contributed by atoms with E-state index in [2.05, 4.69) is 12.1 Å². The zero-order chi connectivity index (χ0) is 13.3. The fourth-order valence-electron chi connectivity index (χ4n) is 2.48. The molecule has 4 heteroatoms. The van der Waals surface area contributed by atoms with Crippen molar-refractivity contribution in [2.45, 2.75) is 37.8 Å². The molecule has 1 aliphatic carbocycles. The molecule has 2 rings (SSSR count). The number of benzene rings is 1. The molecule has 0 aromatic heterocycles. The van der Waals surface area contributed by atoms with E-state index in [1.165, 1.54) is 11.1 Å². The van der Waals surface area contributed by atoms with E-state index in [4.69, 9.17) is 11.6 Å². The first kappa shape index (κ1) is 13.9. The standard InChI is InChI=1S/C14H19ClO2S/c1-10(2)18(16,17)9-12-6-13-4-3-11(8-15)5-14(13)7-12/h3-5,10,12H,6-9H2,1-2H3/t12-/m0/s1. The fourth-order valence-corrected chi connectivity index (χ4v) is 3.93. The first-order valence-corrected chi connectivity index (χ1v) is 8.55. The first-order chi connectivity index (χ1) is 8.42. The van der Waals surface area contributed by atoms with Crippen molar-refractivity contribution in [2.24, 2.45) is 5.92 Å². The Morgan fingerprint density at radius 2 is 1.94 bits per heavy atom. The summed E-state index contributed by atoms with van der Waals surface area (Å²) in [6.45, 7) is 3.51. The smallest absolute Gasteiger partial charge is 0.152 e. The Hall–Kier alpha value is -0.540. The topological polar surface area (TPSA) is 34.1 Å². The van der Waals surface area contributed by atoms with Gasteiger partial charge in [0.15, 0.2) is 9.84 Å². The Morgan fingerprint density at radius 1 is 1.28 bits per heavy atom. The molecule has 1 aliphatic rings. The van der Waals surface area contributed by atoms with E-state index in [0.29, 0.717) is 11.6 Å².